The third kappa shape index (κ3) is 4.86. The summed E-state index contributed by atoms with van der Waals surface area (Å²) < 4.78 is 11.3. The lowest BCUT2D eigenvalue weighted by atomic mass is 10.0. The van der Waals surface area contributed by atoms with E-state index in [-0.39, 0.29) is 5.88 Å². The molecular weight excluding hydrogens is 468 g/mol. The van der Waals surface area contributed by atoms with E-state index in [1.807, 2.05) is 73.6 Å². The van der Waals surface area contributed by atoms with Gasteiger partial charge >= 0.3 is 6.16 Å². The molecule has 8 nitrogen and oxygen atoms in total. The van der Waals surface area contributed by atoms with Gasteiger partial charge in [-0.15, -0.1) is 0 Å². The summed E-state index contributed by atoms with van der Waals surface area (Å²) in [7, 11) is 3.83. The summed E-state index contributed by atoms with van der Waals surface area (Å²) >= 11 is 0. The van der Waals surface area contributed by atoms with E-state index in [1.165, 1.54) is 0 Å². The number of para-hydroxylation sites is 1. The van der Waals surface area contributed by atoms with Gasteiger partial charge in [0.2, 0.25) is 5.88 Å². The largest absolute Gasteiger partial charge is 0.512 e. The zero-order chi connectivity index (χ0) is 25.9. The summed E-state index contributed by atoms with van der Waals surface area (Å²) in [4.78, 5) is 21.1. The Morgan fingerprint density at radius 3 is 2.59 bits per heavy atom. The van der Waals surface area contributed by atoms with E-state index in [0.717, 1.165) is 49.9 Å². The molecule has 0 saturated carbocycles. The monoisotopic (exact) mass is 496 g/mol. The van der Waals surface area contributed by atoms with Crippen LogP contribution in [0.5, 0.6) is 11.6 Å². The number of nitrogens with zero attached hydrogens (tertiary/aromatic N) is 2. The number of pyridine rings is 1. The smallest absolute Gasteiger partial charge is 0.493 e. The summed E-state index contributed by atoms with van der Waals surface area (Å²) in [5, 5.41) is 12.4. The van der Waals surface area contributed by atoms with Gasteiger partial charge in [-0.05, 0) is 30.4 Å². The molecule has 0 fully saturated rings. The third-order valence-electron chi connectivity index (χ3n) is 6.27. The number of rotatable bonds is 8. The molecule has 0 aliphatic carbocycles. The van der Waals surface area contributed by atoms with Gasteiger partial charge < -0.3 is 30.2 Å². The number of ether oxygens (including phenoxy) is 2. The molecule has 0 aliphatic heterocycles. The van der Waals surface area contributed by atoms with Crippen LogP contribution < -0.4 is 20.1 Å². The lowest BCUT2D eigenvalue weighted by molar-refractivity contribution is 0.142. The molecule has 0 atom stereocenters. The van der Waals surface area contributed by atoms with Crippen LogP contribution in [0.25, 0.3) is 32.8 Å². The van der Waals surface area contributed by atoms with E-state index in [9.17, 15) is 9.90 Å². The van der Waals surface area contributed by atoms with Gasteiger partial charge in [-0.2, -0.15) is 0 Å². The zero-order valence-corrected chi connectivity index (χ0v) is 20.7. The number of hydrogen-bond acceptors (Lipinski definition) is 6. The average molecular weight is 497 g/mol. The first-order valence-electron chi connectivity index (χ1n) is 12.0. The number of aromatic amines is 1. The van der Waals surface area contributed by atoms with Crippen molar-refractivity contribution in [3.63, 3.8) is 0 Å². The highest BCUT2D eigenvalue weighted by molar-refractivity contribution is 6.00. The Balaban J connectivity index is 1.46. The maximum Gasteiger partial charge on any atom is 0.512 e. The number of fused-ring (bicyclic) bond motifs is 2. The van der Waals surface area contributed by atoms with Crippen molar-refractivity contribution in [1.82, 2.24) is 9.97 Å². The quantitative estimate of drug-likeness (QED) is 0.176. The molecule has 0 aliphatic rings. The lowest BCUT2D eigenvalue weighted by Gasteiger charge is -2.17. The van der Waals surface area contributed by atoms with Gasteiger partial charge in [0.25, 0.3) is 0 Å². The molecule has 2 aromatic heterocycles. The topological polar surface area (TPSA) is 114 Å². The molecule has 8 heteroatoms. The second-order valence-corrected chi connectivity index (χ2v) is 8.99. The molecule has 0 bridgehead atoms. The number of nitrogens with two attached hydrogens (primary N) is 1. The van der Waals surface area contributed by atoms with Crippen LogP contribution >= 0.6 is 0 Å². The molecule has 0 amide bonds. The number of aromatic nitrogens is 2. The van der Waals surface area contributed by atoms with E-state index in [0.29, 0.717) is 25.1 Å². The summed E-state index contributed by atoms with van der Waals surface area (Å²) in [6, 6.07) is 21.8. The highest BCUT2D eigenvalue weighted by atomic mass is 16.7. The van der Waals surface area contributed by atoms with Crippen molar-refractivity contribution in [1.29, 1.82) is 0 Å². The van der Waals surface area contributed by atoms with E-state index in [1.54, 1.807) is 6.20 Å². The van der Waals surface area contributed by atoms with Gasteiger partial charge in [-0.25, -0.2) is 9.78 Å². The fourth-order valence-electron chi connectivity index (χ4n) is 4.68. The number of aryl methyl sites for hydroxylation is 1. The summed E-state index contributed by atoms with van der Waals surface area (Å²) in [5.74, 6) is 1.79. The minimum absolute atomic E-state index is 0.211. The van der Waals surface area contributed by atoms with Gasteiger partial charge in [0.05, 0.1) is 24.0 Å². The molecule has 0 saturated heterocycles. The highest BCUT2D eigenvalue weighted by Gasteiger charge is 2.20. The number of H-pyrrole nitrogens is 1. The van der Waals surface area contributed by atoms with E-state index in [2.05, 4.69) is 22.1 Å². The van der Waals surface area contributed by atoms with Crippen LogP contribution in [0.15, 0.2) is 72.9 Å². The van der Waals surface area contributed by atoms with Crippen LogP contribution in [0.4, 0.5) is 16.3 Å². The molecule has 2 heterocycles. The van der Waals surface area contributed by atoms with Crippen molar-refractivity contribution in [3.8, 4) is 22.8 Å². The average Bonchev–Trinajstić information content (AvgIpc) is 3.22. The first-order valence-corrected chi connectivity index (χ1v) is 12.0. The molecule has 188 valence electrons. The summed E-state index contributed by atoms with van der Waals surface area (Å²) in [5.41, 5.74) is 9.84. The van der Waals surface area contributed by atoms with Crippen molar-refractivity contribution < 1.29 is 19.4 Å². The fourth-order valence-corrected chi connectivity index (χ4v) is 4.68. The molecule has 0 unspecified atom stereocenters. The second-order valence-electron chi connectivity index (χ2n) is 8.99. The SMILES string of the molecule is CN(C)c1ncc(N)cc1-c1cccc2c(CCCOc3cccc4ccccc34)c(OC(=O)O)[nH]c12. The second kappa shape index (κ2) is 10.1. The lowest BCUT2D eigenvalue weighted by Crippen LogP contribution is -2.12. The van der Waals surface area contributed by atoms with Gasteiger partial charge in [0, 0.05) is 41.6 Å². The molecule has 0 spiro atoms. The molecule has 3 aromatic carbocycles. The number of carboxylic acid groups (broad SMARTS) is 1. The molecular formula is C29H28N4O4. The van der Waals surface area contributed by atoms with Crippen LogP contribution in [-0.2, 0) is 6.42 Å². The fraction of sp³-hybridized carbons (Fsp3) is 0.172. The Labute approximate surface area is 214 Å². The molecule has 0 radical (unpaired) electrons. The molecule has 37 heavy (non-hydrogen) atoms. The predicted octanol–water partition coefficient (Wildman–Crippen LogP) is 6.10. The van der Waals surface area contributed by atoms with Gasteiger partial charge in [-0.1, -0.05) is 54.6 Å². The molecule has 5 rings (SSSR count). The number of hydrogen-bond donors (Lipinski definition) is 3. The van der Waals surface area contributed by atoms with Crippen LogP contribution in [0.3, 0.4) is 0 Å². The number of nitrogen functional groups attached to an aromatic ring is 1. The van der Waals surface area contributed by atoms with Crippen LogP contribution in [-0.4, -0.2) is 41.9 Å². The van der Waals surface area contributed by atoms with Crippen molar-refractivity contribution in [2.24, 2.45) is 0 Å². The maximum absolute atomic E-state index is 11.5. The van der Waals surface area contributed by atoms with Crippen molar-refractivity contribution in [3.05, 3.63) is 78.5 Å². The van der Waals surface area contributed by atoms with E-state index >= 15 is 0 Å². The van der Waals surface area contributed by atoms with Crippen LogP contribution in [0, 0.1) is 0 Å². The minimum Gasteiger partial charge on any atom is -0.493 e. The Morgan fingerprint density at radius 1 is 1.03 bits per heavy atom. The number of carbonyl (C=O) groups is 1. The standard InChI is InChI=1S/C29H28N4O4/c1-33(2)27-24(16-19(30)17-31-27)22-12-6-11-21-23(28(32-26(21)22)37-29(34)35)13-7-15-36-25-14-5-9-18-8-3-4-10-20(18)25/h3-6,8-12,14,16-17,32H,7,13,15,30H2,1-2H3,(H,34,35). The predicted molar refractivity (Wildman–Crippen MR) is 147 cm³/mol. The molecule has 4 N–H and O–H groups in total. The Morgan fingerprint density at radius 2 is 1.78 bits per heavy atom. The number of nitrogens with one attached hydrogen (secondary N) is 1. The molecule has 5 aromatic rings. The van der Waals surface area contributed by atoms with Gasteiger partial charge in [0.15, 0.2) is 0 Å². The first kappa shape index (κ1) is 24.0. The normalized spacial score (nSPS) is 11.1. The first-order chi connectivity index (χ1) is 17.9. The Kier molecular flexibility index (Phi) is 6.55. The number of anilines is 2. The number of benzene rings is 3. The third-order valence-corrected chi connectivity index (χ3v) is 6.27. The van der Waals surface area contributed by atoms with Gasteiger partial charge in [-0.3, -0.25) is 0 Å². The van der Waals surface area contributed by atoms with E-state index < -0.39 is 6.16 Å². The highest BCUT2D eigenvalue weighted by Crippen LogP contribution is 2.39. The Hall–Kier alpha value is -4.72. The summed E-state index contributed by atoms with van der Waals surface area (Å²) in [6.07, 6.45) is 1.47. The van der Waals surface area contributed by atoms with Crippen molar-refractivity contribution in [2.75, 3.05) is 31.3 Å². The van der Waals surface area contributed by atoms with Crippen molar-refractivity contribution >= 4 is 39.3 Å². The minimum atomic E-state index is -1.37. The van der Waals surface area contributed by atoms with E-state index in [4.69, 9.17) is 15.2 Å². The zero-order valence-electron chi connectivity index (χ0n) is 20.7. The van der Waals surface area contributed by atoms with Crippen molar-refractivity contribution in [2.45, 2.75) is 12.8 Å². The maximum atomic E-state index is 11.5. The Bertz CT molecular complexity index is 1590. The van der Waals surface area contributed by atoms with Crippen LogP contribution in [0.2, 0.25) is 0 Å². The van der Waals surface area contributed by atoms with Crippen LogP contribution in [0.1, 0.15) is 12.0 Å². The summed E-state index contributed by atoms with van der Waals surface area (Å²) in [6.45, 7) is 0.469. The van der Waals surface area contributed by atoms with Gasteiger partial charge in [0.1, 0.15) is 11.6 Å².